The van der Waals surface area contributed by atoms with E-state index in [9.17, 15) is 0 Å². The predicted octanol–water partition coefficient (Wildman–Crippen LogP) is 16.5. The van der Waals surface area contributed by atoms with E-state index in [2.05, 4.69) is 227 Å². The van der Waals surface area contributed by atoms with Crippen molar-refractivity contribution >= 4 is 132 Å². The Bertz CT molecular complexity index is 4390. The zero-order valence-corrected chi connectivity index (χ0v) is 39.1. The Morgan fingerprint density at radius 3 is 1.66 bits per heavy atom. The van der Waals surface area contributed by atoms with E-state index in [1.165, 1.54) is 126 Å². The van der Waals surface area contributed by atoms with Gasteiger partial charge in [-0.25, -0.2) is 0 Å². The fraction of sp³-hybridized carbons (Fsp3) is 0.125. The van der Waals surface area contributed by atoms with Crippen molar-refractivity contribution in [2.24, 2.45) is 0 Å². The summed E-state index contributed by atoms with van der Waals surface area (Å²) in [5.74, 6) is 0. The number of fused-ring (bicyclic) bond motifs is 20. The zero-order chi connectivity index (χ0) is 45.5. The third-order valence-corrected chi connectivity index (χ3v) is 15.7. The van der Waals surface area contributed by atoms with Gasteiger partial charge in [-0.05, 0) is 141 Å². The van der Waals surface area contributed by atoms with E-state index in [0.717, 1.165) is 21.9 Å². The van der Waals surface area contributed by atoms with Crippen molar-refractivity contribution < 1.29 is 4.42 Å². The van der Waals surface area contributed by atoms with Crippen LogP contribution in [0.3, 0.4) is 0 Å². The predicted molar refractivity (Wildman–Crippen MR) is 292 cm³/mol. The maximum atomic E-state index is 7.18. The molecule has 0 aliphatic carbocycles. The van der Waals surface area contributed by atoms with Gasteiger partial charge in [0.1, 0.15) is 11.2 Å². The van der Waals surface area contributed by atoms with Gasteiger partial charge in [-0.2, -0.15) is 0 Å². The molecule has 0 N–H and O–H groups in total. The fourth-order valence-electron chi connectivity index (χ4n) is 12.5. The van der Waals surface area contributed by atoms with Gasteiger partial charge >= 0.3 is 6.85 Å². The Morgan fingerprint density at radius 2 is 1.00 bits per heavy atom. The largest absolute Gasteiger partial charge is 0.455 e. The molecule has 68 heavy (non-hydrogen) atoms. The van der Waals surface area contributed by atoms with E-state index in [1.807, 2.05) is 0 Å². The highest BCUT2D eigenvalue weighted by Gasteiger charge is 2.45. The van der Waals surface area contributed by atoms with Gasteiger partial charge in [-0.15, -0.1) is 0 Å². The third-order valence-electron chi connectivity index (χ3n) is 15.7. The highest BCUT2D eigenvalue weighted by Crippen LogP contribution is 2.52. The van der Waals surface area contributed by atoms with Crippen LogP contribution in [0, 0.1) is 0 Å². The molecule has 3 nitrogen and oxygen atoms in total. The van der Waals surface area contributed by atoms with Crippen LogP contribution in [-0.4, -0.2) is 11.3 Å². The first-order chi connectivity index (χ1) is 33.0. The molecule has 2 aromatic heterocycles. The van der Waals surface area contributed by atoms with E-state index in [-0.39, 0.29) is 17.7 Å². The Labute approximate surface area is 394 Å². The maximum Gasteiger partial charge on any atom is 0.333 e. The molecule has 4 heterocycles. The van der Waals surface area contributed by atoms with E-state index >= 15 is 0 Å². The lowest BCUT2D eigenvalue weighted by Crippen LogP contribution is -2.56. The topological polar surface area (TPSA) is 21.3 Å². The summed E-state index contributed by atoms with van der Waals surface area (Å²) in [7, 11) is 0. The average molecular weight is 871 g/mol. The van der Waals surface area contributed by atoms with Crippen molar-refractivity contribution in [2.45, 2.75) is 52.4 Å². The second-order valence-corrected chi connectivity index (χ2v) is 21.7. The van der Waals surface area contributed by atoms with Gasteiger partial charge in [-0.3, -0.25) is 0 Å². The van der Waals surface area contributed by atoms with Crippen LogP contribution in [0.1, 0.15) is 52.7 Å². The molecule has 0 unspecified atom stereocenters. The molecule has 2 aliphatic rings. The second-order valence-electron chi connectivity index (χ2n) is 21.7. The van der Waals surface area contributed by atoms with Crippen molar-refractivity contribution in [1.82, 2.24) is 4.48 Å². The van der Waals surface area contributed by atoms with Crippen molar-refractivity contribution in [3.8, 4) is 11.1 Å². The van der Waals surface area contributed by atoms with Crippen LogP contribution in [0.2, 0.25) is 0 Å². The zero-order valence-electron chi connectivity index (χ0n) is 39.1. The lowest BCUT2D eigenvalue weighted by molar-refractivity contribution is 0.569. The first-order valence-electron chi connectivity index (χ1n) is 24.2. The minimum Gasteiger partial charge on any atom is -0.455 e. The van der Waals surface area contributed by atoms with Gasteiger partial charge in [0.25, 0.3) is 0 Å². The van der Waals surface area contributed by atoms with Crippen LogP contribution in [0.15, 0.2) is 180 Å². The van der Waals surface area contributed by atoms with Crippen molar-refractivity contribution in [1.29, 1.82) is 0 Å². The highest BCUT2D eigenvalue weighted by molar-refractivity contribution is 6.90. The van der Waals surface area contributed by atoms with E-state index in [4.69, 9.17) is 4.42 Å². The number of hydrogen-bond donors (Lipinski definition) is 0. The molecule has 0 radical (unpaired) electrons. The fourth-order valence-corrected chi connectivity index (χ4v) is 12.5. The van der Waals surface area contributed by atoms with Gasteiger partial charge in [0.15, 0.2) is 0 Å². The van der Waals surface area contributed by atoms with Crippen LogP contribution in [0.25, 0.3) is 109 Å². The van der Waals surface area contributed by atoms with Gasteiger partial charge in [0.2, 0.25) is 0 Å². The molecular weight excluding hydrogens is 824 g/mol. The van der Waals surface area contributed by atoms with Gasteiger partial charge < -0.3 is 13.8 Å². The number of hydrogen-bond acceptors (Lipinski definition) is 2. The number of nitrogens with zero attached hydrogens (tertiary/aromatic N) is 2. The van der Waals surface area contributed by atoms with Crippen LogP contribution < -0.4 is 15.8 Å². The normalized spacial score (nSPS) is 13.7. The van der Waals surface area contributed by atoms with Crippen LogP contribution in [0.5, 0.6) is 0 Å². The number of aromatic nitrogens is 1. The number of para-hydroxylation sites is 2. The smallest absolute Gasteiger partial charge is 0.333 e. The van der Waals surface area contributed by atoms with Crippen molar-refractivity contribution in [3.05, 3.63) is 187 Å². The van der Waals surface area contributed by atoms with Crippen molar-refractivity contribution in [2.75, 3.05) is 4.90 Å². The Kier molecular flexibility index (Phi) is 7.32. The van der Waals surface area contributed by atoms with Crippen molar-refractivity contribution in [3.63, 3.8) is 0 Å². The van der Waals surface area contributed by atoms with E-state index in [1.54, 1.807) is 0 Å². The molecule has 0 amide bonds. The Hall–Kier alpha value is -7.82. The molecule has 11 aromatic carbocycles. The summed E-state index contributed by atoms with van der Waals surface area (Å²) in [6.07, 6.45) is 0. The molecule has 13 aromatic rings. The third kappa shape index (κ3) is 4.99. The molecule has 322 valence electrons. The van der Waals surface area contributed by atoms with Gasteiger partial charge in [-0.1, -0.05) is 163 Å². The van der Waals surface area contributed by atoms with Crippen LogP contribution in [-0.2, 0) is 10.8 Å². The summed E-state index contributed by atoms with van der Waals surface area (Å²) < 4.78 is 9.88. The first-order valence-corrected chi connectivity index (χ1v) is 24.2. The quantitative estimate of drug-likeness (QED) is 0.0931. The Balaban J connectivity index is 1.17. The minimum atomic E-state index is -0.152. The number of anilines is 3. The summed E-state index contributed by atoms with van der Waals surface area (Å²) in [6.45, 7) is 13.9. The number of benzene rings is 11. The molecule has 15 rings (SSSR count). The summed E-state index contributed by atoms with van der Waals surface area (Å²) in [5.41, 5.74) is 15.4. The lowest BCUT2D eigenvalue weighted by atomic mass is 9.44. The summed E-state index contributed by atoms with van der Waals surface area (Å²) in [4.78, 5) is 2.63. The SMILES string of the molecule is CC(C)(C)c1cc(N2c3cc4cc5c6ccccc6c6ccccc6c5cc4cc3B3c4c2cc2c(oc5ccccc52)c4-c2cc4ccccc4c4c5ccccc5n3c24)cc(C(C)(C)C)c1. The van der Waals surface area contributed by atoms with Gasteiger partial charge in [0, 0.05) is 60.8 Å². The van der Waals surface area contributed by atoms with Crippen LogP contribution >= 0.6 is 0 Å². The van der Waals surface area contributed by atoms with Crippen LogP contribution in [0.4, 0.5) is 17.1 Å². The molecule has 0 fully saturated rings. The standard InChI is InChI=1S/C64H47BN2O/c1-63(2,3)39-32-40(64(4,5)6)34-41(33-39)66-55-31-38-29-50-46-22-12-10-20-44(46)43-19-9-11-21-45(43)49(50)28-37(38)30-53(55)65-60-56(66)35-51-47-23-14-16-26-57(47)68-62(51)59(60)52-27-36-17-7-8-18-42(36)58-48-24-13-15-25-54(48)67(65)61(52)58/h7-35H,1-6H3. The molecule has 2 aliphatic heterocycles. The molecule has 0 atom stereocenters. The maximum absolute atomic E-state index is 7.18. The molecule has 0 bridgehead atoms. The molecule has 0 spiro atoms. The summed E-state index contributed by atoms with van der Waals surface area (Å²) in [5, 5.41) is 17.5. The monoisotopic (exact) mass is 870 g/mol. The number of furan rings is 1. The number of rotatable bonds is 1. The summed E-state index contributed by atoms with van der Waals surface area (Å²) in [6, 6.07) is 66.9. The summed E-state index contributed by atoms with van der Waals surface area (Å²) >= 11 is 0. The molecule has 4 heteroatoms. The molecule has 0 saturated carbocycles. The highest BCUT2D eigenvalue weighted by atomic mass is 16.3. The minimum absolute atomic E-state index is 0.0803. The second kappa shape index (κ2) is 13.0. The first kappa shape index (κ1) is 38.3. The molecule has 0 saturated heterocycles. The lowest BCUT2D eigenvalue weighted by Gasteiger charge is -2.41. The molecular formula is C64H47BN2O. The Morgan fingerprint density at radius 1 is 0.441 bits per heavy atom. The van der Waals surface area contributed by atoms with E-state index in [0.29, 0.717) is 0 Å². The van der Waals surface area contributed by atoms with E-state index < -0.39 is 0 Å². The average Bonchev–Trinajstić information content (AvgIpc) is 3.90. The van der Waals surface area contributed by atoms with Gasteiger partial charge in [0.05, 0.1) is 0 Å².